The second kappa shape index (κ2) is 7.69. The lowest BCUT2D eigenvalue weighted by Crippen LogP contribution is -2.41. The minimum Gasteiger partial charge on any atom is -0.342 e. The highest BCUT2D eigenvalue weighted by molar-refractivity contribution is 8.00. The summed E-state index contributed by atoms with van der Waals surface area (Å²) in [4.78, 5) is 19.1. The molecule has 2 fully saturated rings. The van der Waals surface area contributed by atoms with E-state index in [0.29, 0.717) is 5.16 Å². The first kappa shape index (κ1) is 16.8. The molecule has 0 bridgehead atoms. The molecule has 1 atom stereocenters. The van der Waals surface area contributed by atoms with Gasteiger partial charge in [-0.25, -0.2) is 4.98 Å². The molecule has 2 heterocycles. The Bertz CT molecular complexity index is 518. The Morgan fingerprint density at radius 2 is 2.00 bits per heavy atom. The number of likely N-dealkylation sites (tertiary alicyclic amines) is 1. The zero-order chi connectivity index (χ0) is 16.2. The Morgan fingerprint density at radius 3 is 2.70 bits per heavy atom. The first-order valence-corrected chi connectivity index (χ1v) is 9.86. The third-order valence-corrected chi connectivity index (χ3v) is 6.14. The van der Waals surface area contributed by atoms with Crippen LogP contribution in [-0.2, 0) is 11.2 Å². The number of carbonyl (C=O) groups is 1. The summed E-state index contributed by atoms with van der Waals surface area (Å²) in [6, 6.07) is 0. The molecule has 1 aromatic rings. The number of amides is 1. The summed E-state index contributed by atoms with van der Waals surface area (Å²) in [7, 11) is 0. The molecule has 0 aromatic carbocycles. The normalized spacial score (nSPS) is 21.7. The van der Waals surface area contributed by atoms with Gasteiger partial charge in [0, 0.05) is 19.5 Å². The number of H-pyrrole nitrogens is 1. The maximum absolute atomic E-state index is 12.5. The number of thioether (sulfide) groups is 1. The monoisotopic (exact) mass is 336 g/mol. The predicted molar refractivity (Wildman–Crippen MR) is 92.3 cm³/mol. The lowest BCUT2D eigenvalue weighted by Gasteiger charge is -2.31. The van der Waals surface area contributed by atoms with Gasteiger partial charge in [-0.15, -0.1) is 5.10 Å². The molecule has 1 aliphatic carbocycles. The molecule has 1 aliphatic heterocycles. The summed E-state index contributed by atoms with van der Waals surface area (Å²) in [5.41, 5.74) is 0. The molecule has 3 rings (SSSR count). The summed E-state index contributed by atoms with van der Waals surface area (Å²) < 4.78 is 0. The number of carbonyl (C=O) groups excluding carboxylic acids is 1. The molecule has 1 saturated carbocycles. The van der Waals surface area contributed by atoms with Gasteiger partial charge in [0.1, 0.15) is 5.82 Å². The fourth-order valence-electron chi connectivity index (χ4n) is 3.60. The summed E-state index contributed by atoms with van der Waals surface area (Å²) in [6.45, 7) is 6.02. The van der Waals surface area contributed by atoms with Crippen LogP contribution in [0.15, 0.2) is 5.16 Å². The molecular formula is C17H28N4OS. The standard InChI is InChI=1S/C17H28N4OS/c1-12-7-9-21(10-8-12)16(22)13(2)23-17-18-15(19-20-17)11-14-5-3-4-6-14/h12-14H,3-11H2,1-2H3,(H,18,19,20). The molecule has 5 nitrogen and oxygen atoms in total. The molecule has 1 unspecified atom stereocenters. The second-order valence-corrected chi connectivity index (χ2v) is 8.50. The van der Waals surface area contributed by atoms with Gasteiger partial charge in [-0.1, -0.05) is 44.4 Å². The van der Waals surface area contributed by atoms with E-state index in [0.717, 1.165) is 50.0 Å². The van der Waals surface area contributed by atoms with Gasteiger partial charge in [-0.3, -0.25) is 9.89 Å². The van der Waals surface area contributed by atoms with Gasteiger partial charge in [0.15, 0.2) is 0 Å². The fourth-order valence-corrected chi connectivity index (χ4v) is 4.43. The Morgan fingerprint density at radius 1 is 1.30 bits per heavy atom. The number of aromatic nitrogens is 3. The number of nitrogens with zero attached hydrogens (tertiary/aromatic N) is 3. The van der Waals surface area contributed by atoms with E-state index in [1.54, 1.807) is 0 Å². The number of piperidine rings is 1. The maximum Gasteiger partial charge on any atom is 0.235 e. The van der Waals surface area contributed by atoms with Crippen LogP contribution in [0.4, 0.5) is 0 Å². The highest BCUT2D eigenvalue weighted by Gasteiger charge is 2.26. The minimum atomic E-state index is -0.112. The molecular weight excluding hydrogens is 308 g/mol. The largest absolute Gasteiger partial charge is 0.342 e. The smallest absolute Gasteiger partial charge is 0.235 e. The summed E-state index contributed by atoms with van der Waals surface area (Å²) in [5, 5.41) is 7.95. The molecule has 1 N–H and O–H groups in total. The fraction of sp³-hybridized carbons (Fsp3) is 0.824. The molecule has 1 saturated heterocycles. The number of hydrogen-bond donors (Lipinski definition) is 1. The van der Waals surface area contributed by atoms with E-state index >= 15 is 0 Å². The van der Waals surface area contributed by atoms with Crippen molar-refractivity contribution in [1.82, 2.24) is 20.1 Å². The summed E-state index contributed by atoms with van der Waals surface area (Å²) in [6.07, 6.45) is 8.56. The topological polar surface area (TPSA) is 61.9 Å². The van der Waals surface area contributed by atoms with E-state index in [4.69, 9.17) is 0 Å². The van der Waals surface area contributed by atoms with E-state index in [1.165, 1.54) is 37.4 Å². The van der Waals surface area contributed by atoms with Gasteiger partial charge < -0.3 is 4.90 Å². The van der Waals surface area contributed by atoms with Gasteiger partial charge in [0.2, 0.25) is 11.1 Å². The van der Waals surface area contributed by atoms with Crippen molar-refractivity contribution in [2.75, 3.05) is 13.1 Å². The van der Waals surface area contributed by atoms with Crippen LogP contribution < -0.4 is 0 Å². The van der Waals surface area contributed by atoms with Crippen molar-refractivity contribution in [3.8, 4) is 0 Å². The van der Waals surface area contributed by atoms with E-state index in [2.05, 4.69) is 22.1 Å². The molecule has 1 aromatic heterocycles. The third-order valence-electron chi connectivity index (χ3n) is 5.19. The first-order chi connectivity index (χ1) is 11.1. The summed E-state index contributed by atoms with van der Waals surface area (Å²) >= 11 is 1.48. The van der Waals surface area contributed by atoms with Crippen LogP contribution >= 0.6 is 11.8 Å². The Kier molecular flexibility index (Phi) is 5.62. The average Bonchev–Trinajstić information content (AvgIpc) is 3.20. The van der Waals surface area contributed by atoms with Crippen LogP contribution in [0.1, 0.15) is 58.2 Å². The van der Waals surface area contributed by atoms with Crippen LogP contribution in [0.2, 0.25) is 0 Å². The maximum atomic E-state index is 12.5. The molecule has 0 radical (unpaired) electrons. The predicted octanol–water partition coefficient (Wildman–Crippen LogP) is 3.28. The average molecular weight is 337 g/mol. The number of nitrogens with one attached hydrogen (secondary N) is 1. The number of hydrogen-bond acceptors (Lipinski definition) is 4. The highest BCUT2D eigenvalue weighted by Crippen LogP contribution is 2.28. The van der Waals surface area contributed by atoms with Crippen molar-refractivity contribution >= 4 is 17.7 Å². The lowest BCUT2D eigenvalue weighted by atomic mass is 9.99. The van der Waals surface area contributed by atoms with Gasteiger partial charge in [0.05, 0.1) is 5.25 Å². The second-order valence-electron chi connectivity index (χ2n) is 7.19. The molecule has 128 valence electrons. The SMILES string of the molecule is CC1CCN(C(=O)C(C)Sc2n[nH]c(CC3CCCC3)n2)CC1. The quantitative estimate of drug-likeness (QED) is 0.838. The van der Waals surface area contributed by atoms with Gasteiger partial charge in [-0.2, -0.15) is 0 Å². The molecule has 1 amide bonds. The van der Waals surface area contributed by atoms with Crippen molar-refractivity contribution in [2.24, 2.45) is 11.8 Å². The van der Waals surface area contributed by atoms with Crippen molar-refractivity contribution in [3.05, 3.63) is 5.82 Å². The van der Waals surface area contributed by atoms with Gasteiger partial charge in [0.25, 0.3) is 0 Å². The molecule has 23 heavy (non-hydrogen) atoms. The minimum absolute atomic E-state index is 0.112. The Labute approximate surface area is 143 Å². The molecule has 2 aliphatic rings. The first-order valence-electron chi connectivity index (χ1n) is 8.98. The number of aromatic amines is 1. The highest BCUT2D eigenvalue weighted by atomic mass is 32.2. The van der Waals surface area contributed by atoms with Gasteiger partial charge in [-0.05, 0) is 31.6 Å². The van der Waals surface area contributed by atoms with Crippen LogP contribution in [-0.4, -0.2) is 44.3 Å². The number of rotatable bonds is 5. The van der Waals surface area contributed by atoms with E-state index < -0.39 is 0 Å². The summed E-state index contributed by atoms with van der Waals surface area (Å²) in [5.74, 6) is 2.71. The van der Waals surface area contributed by atoms with E-state index in [1.807, 2.05) is 11.8 Å². The van der Waals surface area contributed by atoms with Crippen molar-refractivity contribution in [3.63, 3.8) is 0 Å². The van der Waals surface area contributed by atoms with Crippen LogP contribution in [0, 0.1) is 11.8 Å². The third kappa shape index (κ3) is 4.49. The van der Waals surface area contributed by atoms with Crippen molar-refractivity contribution < 1.29 is 4.79 Å². The van der Waals surface area contributed by atoms with E-state index in [9.17, 15) is 4.79 Å². The molecule has 6 heteroatoms. The van der Waals surface area contributed by atoms with Crippen LogP contribution in [0.5, 0.6) is 0 Å². The zero-order valence-electron chi connectivity index (χ0n) is 14.3. The van der Waals surface area contributed by atoms with Crippen molar-refractivity contribution in [2.45, 2.75) is 69.2 Å². The van der Waals surface area contributed by atoms with Crippen LogP contribution in [0.3, 0.4) is 0 Å². The van der Waals surface area contributed by atoms with Crippen molar-refractivity contribution in [1.29, 1.82) is 0 Å². The van der Waals surface area contributed by atoms with Gasteiger partial charge >= 0.3 is 0 Å². The molecule has 0 spiro atoms. The van der Waals surface area contributed by atoms with Crippen LogP contribution in [0.25, 0.3) is 0 Å². The lowest BCUT2D eigenvalue weighted by molar-refractivity contribution is -0.131. The Balaban J connectivity index is 1.50. The van der Waals surface area contributed by atoms with E-state index in [-0.39, 0.29) is 11.2 Å². The Hall–Kier alpha value is -1.04. The zero-order valence-corrected chi connectivity index (χ0v) is 15.1.